The summed E-state index contributed by atoms with van der Waals surface area (Å²) < 4.78 is 21.4. The second-order valence-corrected chi connectivity index (χ2v) is 14.2. The largest absolute Gasteiger partial charge is 0.497 e. The van der Waals surface area contributed by atoms with Gasteiger partial charge in [-0.25, -0.2) is 29.9 Å². The number of nitrogens with zero attached hydrogens (tertiary/aromatic N) is 6. The van der Waals surface area contributed by atoms with Gasteiger partial charge in [0.05, 0.1) is 28.4 Å². The molecule has 0 aliphatic heterocycles. The maximum atomic E-state index is 5.36. The molecule has 298 valence electrons. The Bertz CT molecular complexity index is 2330. The molecule has 10 heteroatoms. The van der Waals surface area contributed by atoms with Crippen molar-refractivity contribution in [1.29, 1.82) is 0 Å². The average Bonchev–Trinajstić information content (AvgIpc) is 3.30. The van der Waals surface area contributed by atoms with Crippen LogP contribution in [0.1, 0.15) is 45.6 Å². The smallest absolute Gasteiger partial charge is 0.163 e. The number of methoxy groups -OCH3 is 4. The van der Waals surface area contributed by atoms with Gasteiger partial charge in [0, 0.05) is 36.8 Å². The second-order valence-electron chi connectivity index (χ2n) is 14.2. The lowest BCUT2D eigenvalue weighted by Crippen LogP contribution is -2.07. The van der Waals surface area contributed by atoms with Crippen LogP contribution in [-0.4, -0.2) is 58.3 Å². The molecule has 2 aromatic heterocycles. The van der Waals surface area contributed by atoms with Crippen LogP contribution in [0.4, 0.5) is 0 Å². The van der Waals surface area contributed by atoms with Crippen molar-refractivity contribution < 1.29 is 18.9 Å². The lowest BCUT2D eigenvalue weighted by molar-refractivity contribution is 0.414. The van der Waals surface area contributed by atoms with Gasteiger partial charge in [-0.1, -0.05) is 97.1 Å². The monoisotopic (exact) mass is 792 g/mol. The Hall–Kier alpha value is -7.46. The van der Waals surface area contributed by atoms with Gasteiger partial charge in [-0.2, -0.15) is 0 Å². The molecule has 0 atom stereocenters. The standard InChI is InChI=1S/C50H44N6O4/c1-57-41-21-5-33(6-22-41)29-45-51-46(30-34-7-23-42(58-2)24-8-34)54-49(53-45)39-17-13-37(14-18-39)38-15-19-40(20-16-38)50-55-47(31-35-9-25-43(59-3)26-10-35)52-48(56-50)32-36-11-27-44(60-4)28-12-36/h5-28H,29-32H2,1-4H3. The van der Waals surface area contributed by atoms with E-state index in [1.807, 2.05) is 97.1 Å². The maximum Gasteiger partial charge on any atom is 0.163 e. The van der Waals surface area contributed by atoms with Gasteiger partial charge in [0.1, 0.15) is 46.3 Å². The molecule has 0 saturated carbocycles. The average molecular weight is 793 g/mol. The molecule has 10 nitrogen and oxygen atoms in total. The number of aromatic nitrogens is 6. The molecule has 8 aromatic rings. The first-order valence-corrected chi connectivity index (χ1v) is 19.6. The highest BCUT2D eigenvalue weighted by molar-refractivity contribution is 5.70. The van der Waals surface area contributed by atoms with Gasteiger partial charge in [0.2, 0.25) is 0 Å². The quantitative estimate of drug-likeness (QED) is 0.0995. The van der Waals surface area contributed by atoms with E-state index in [1.54, 1.807) is 28.4 Å². The molecule has 0 aliphatic rings. The van der Waals surface area contributed by atoms with E-state index in [-0.39, 0.29) is 0 Å². The van der Waals surface area contributed by atoms with Gasteiger partial charge < -0.3 is 18.9 Å². The predicted molar refractivity (Wildman–Crippen MR) is 233 cm³/mol. The second kappa shape index (κ2) is 18.4. The Morgan fingerprint density at radius 2 is 0.483 bits per heavy atom. The van der Waals surface area contributed by atoms with Crippen molar-refractivity contribution in [2.45, 2.75) is 25.7 Å². The Morgan fingerprint density at radius 3 is 0.700 bits per heavy atom. The Balaban J connectivity index is 1.05. The van der Waals surface area contributed by atoms with E-state index in [0.29, 0.717) is 60.6 Å². The third kappa shape index (κ3) is 9.79. The van der Waals surface area contributed by atoms with Gasteiger partial charge in [-0.3, -0.25) is 0 Å². The van der Waals surface area contributed by atoms with Crippen LogP contribution in [0, 0.1) is 0 Å². The summed E-state index contributed by atoms with van der Waals surface area (Å²) in [5, 5.41) is 0. The Kier molecular flexibility index (Phi) is 12.1. The molecule has 2 heterocycles. The topological polar surface area (TPSA) is 114 Å². The van der Waals surface area contributed by atoms with Crippen molar-refractivity contribution >= 4 is 0 Å². The normalized spacial score (nSPS) is 10.9. The maximum absolute atomic E-state index is 5.36. The minimum Gasteiger partial charge on any atom is -0.497 e. The molecule has 6 aromatic carbocycles. The van der Waals surface area contributed by atoms with Crippen LogP contribution in [0.2, 0.25) is 0 Å². The van der Waals surface area contributed by atoms with E-state index < -0.39 is 0 Å². The van der Waals surface area contributed by atoms with E-state index >= 15 is 0 Å². The summed E-state index contributed by atoms with van der Waals surface area (Å²) in [4.78, 5) is 29.5. The molecule has 0 radical (unpaired) electrons. The van der Waals surface area contributed by atoms with Crippen LogP contribution in [-0.2, 0) is 25.7 Å². The molecule has 0 N–H and O–H groups in total. The van der Waals surface area contributed by atoms with Crippen LogP contribution in [0.3, 0.4) is 0 Å². The minimum absolute atomic E-state index is 0.562. The van der Waals surface area contributed by atoms with Gasteiger partial charge in [-0.05, 0) is 81.9 Å². The summed E-state index contributed by atoms with van der Waals surface area (Å²) in [7, 11) is 6.66. The van der Waals surface area contributed by atoms with E-state index in [2.05, 4.69) is 48.5 Å². The van der Waals surface area contributed by atoms with E-state index in [0.717, 1.165) is 67.5 Å². The first kappa shape index (κ1) is 39.4. The summed E-state index contributed by atoms with van der Waals surface area (Å²) in [5.41, 5.74) is 8.27. The van der Waals surface area contributed by atoms with E-state index in [4.69, 9.17) is 48.9 Å². The molecule has 60 heavy (non-hydrogen) atoms. The lowest BCUT2D eigenvalue weighted by Gasteiger charge is -2.11. The molecule has 0 aliphatic carbocycles. The first-order valence-electron chi connectivity index (χ1n) is 19.6. The predicted octanol–water partition coefficient (Wildman–Crippen LogP) is 9.46. The van der Waals surface area contributed by atoms with Gasteiger partial charge in [0.15, 0.2) is 11.6 Å². The van der Waals surface area contributed by atoms with Crippen molar-refractivity contribution in [3.8, 4) is 56.9 Å². The molecule has 0 unspecified atom stereocenters. The van der Waals surface area contributed by atoms with Crippen molar-refractivity contribution in [2.75, 3.05) is 28.4 Å². The van der Waals surface area contributed by atoms with Crippen molar-refractivity contribution in [3.05, 3.63) is 191 Å². The first-order chi connectivity index (χ1) is 29.4. The molecule has 8 rings (SSSR count). The highest BCUT2D eigenvalue weighted by atomic mass is 16.5. The van der Waals surface area contributed by atoms with Gasteiger partial charge in [-0.15, -0.1) is 0 Å². The van der Waals surface area contributed by atoms with Crippen LogP contribution in [0.15, 0.2) is 146 Å². The Morgan fingerprint density at radius 1 is 0.267 bits per heavy atom. The van der Waals surface area contributed by atoms with E-state index in [9.17, 15) is 0 Å². The van der Waals surface area contributed by atoms with Crippen LogP contribution >= 0.6 is 0 Å². The number of benzene rings is 6. The SMILES string of the molecule is COc1ccc(Cc2nc(Cc3ccc(OC)cc3)nc(-c3ccc(-c4ccc(-c5nc(Cc6ccc(OC)cc6)nc(Cc6ccc(OC)cc6)n5)cc4)cc3)n2)cc1. The molecule has 0 spiro atoms. The number of hydrogen-bond acceptors (Lipinski definition) is 10. The molecule has 0 fully saturated rings. The molecule has 0 amide bonds. The highest BCUT2D eigenvalue weighted by Crippen LogP contribution is 2.27. The lowest BCUT2D eigenvalue weighted by atomic mass is 10.0. The fourth-order valence-corrected chi connectivity index (χ4v) is 6.84. The van der Waals surface area contributed by atoms with Crippen LogP contribution < -0.4 is 18.9 Å². The van der Waals surface area contributed by atoms with Crippen molar-refractivity contribution in [1.82, 2.24) is 29.9 Å². The van der Waals surface area contributed by atoms with Crippen molar-refractivity contribution in [2.24, 2.45) is 0 Å². The summed E-state index contributed by atoms with van der Waals surface area (Å²) in [6.45, 7) is 0. The number of rotatable bonds is 15. The summed E-state index contributed by atoms with van der Waals surface area (Å²) in [6, 6.07) is 48.6. The minimum atomic E-state index is 0.562. The fraction of sp³-hybridized carbons (Fsp3) is 0.160. The molecule has 0 bridgehead atoms. The zero-order valence-electron chi connectivity index (χ0n) is 34.0. The summed E-state index contributed by atoms with van der Waals surface area (Å²) >= 11 is 0. The highest BCUT2D eigenvalue weighted by Gasteiger charge is 2.14. The summed E-state index contributed by atoms with van der Waals surface area (Å²) in [6.07, 6.45) is 2.25. The molecular formula is C50H44N6O4. The van der Waals surface area contributed by atoms with Crippen LogP contribution in [0.25, 0.3) is 33.9 Å². The Labute approximate surface area is 350 Å². The van der Waals surface area contributed by atoms with Gasteiger partial charge in [0.25, 0.3) is 0 Å². The van der Waals surface area contributed by atoms with Crippen molar-refractivity contribution in [3.63, 3.8) is 0 Å². The zero-order chi connectivity index (χ0) is 41.3. The molecular weight excluding hydrogens is 749 g/mol. The number of hydrogen-bond donors (Lipinski definition) is 0. The van der Waals surface area contributed by atoms with Crippen LogP contribution in [0.5, 0.6) is 23.0 Å². The zero-order valence-corrected chi connectivity index (χ0v) is 34.0. The third-order valence-electron chi connectivity index (χ3n) is 10.2. The third-order valence-corrected chi connectivity index (χ3v) is 10.2. The summed E-state index contributed by atoms with van der Waals surface area (Å²) in [5.74, 6) is 7.28. The molecule has 0 saturated heterocycles. The fourth-order valence-electron chi connectivity index (χ4n) is 6.84. The van der Waals surface area contributed by atoms with E-state index in [1.165, 1.54) is 0 Å². The van der Waals surface area contributed by atoms with Gasteiger partial charge >= 0.3 is 0 Å². The number of ether oxygens (including phenoxy) is 4.